The van der Waals surface area contributed by atoms with Gasteiger partial charge in [0.25, 0.3) is 16.9 Å². The summed E-state index contributed by atoms with van der Waals surface area (Å²) in [6, 6.07) is 23.5. The normalized spacial score (nSPS) is 11.3. The number of aromatic nitrogens is 2. The summed E-state index contributed by atoms with van der Waals surface area (Å²) in [6.45, 7) is 0.0141. The molecule has 0 aliphatic carbocycles. The first-order valence-corrected chi connectivity index (χ1v) is 13.1. The van der Waals surface area contributed by atoms with Gasteiger partial charge >= 0.3 is 0 Å². The number of rotatable bonds is 9. The molecule has 0 N–H and O–H groups in total. The lowest BCUT2D eigenvalue weighted by Gasteiger charge is -2.10. The number of non-ortho nitro benzene ring substituents is 2. The first kappa shape index (κ1) is 27.8. The number of nitrogens with zero attached hydrogens (tertiary/aromatic N) is 5. The number of hydrogen-bond donors (Lipinski definition) is 0. The van der Waals surface area contributed by atoms with Crippen LogP contribution in [-0.4, -0.2) is 32.8 Å². The van der Waals surface area contributed by atoms with Crippen LogP contribution in [0.1, 0.15) is 11.1 Å². The number of methoxy groups -OCH3 is 1. The second-order valence-electron chi connectivity index (χ2n) is 9.49. The molecule has 0 unspecified atom stereocenters. The fraction of sp³-hybridized carbons (Fsp3) is 0.0645. The van der Waals surface area contributed by atoms with E-state index in [1.807, 2.05) is 0 Å². The molecule has 6 rings (SSSR count). The van der Waals surface area contributed by atoms with Crippen molar-refractivity contribution in [2.24, 2.45) is 5.10 Å². The van der Waals surface area contributed by atoms with E-state index in [4.69, 9.17) is 13.9 Å². The third-order valence-electron chi connectivity index (χ3n) is 6.77. The molecule has 0 bridgehead atoms. The van der Waals surface area contributed by atoms with Crippen molar-refractivity contribution in [3.05, 3.63) is 133 Å². The predicted molar refractivity (Wildman–Crippen MR) is 161 cm³/mol. The van der Waals surface area contributed by atoms with Crippen molar-refractivity contribution in [3.8, 4) is 23.1 Å². The Balaban J connectivity index is 1.44. The molecule has 4 aromatic carbocycles. The van der Waals surface area contributed by atoms with Crippen LogP contribution in [0.15, 0.2) is 105 Å². The summed E-state index contributed by atoms with van der Waals surface area (Å²) in [5, 5.41) is 27.9. The van der Waals surface area contributed by atoms with Gasteiger partial charge in [-0.25, -0.2) is 4.98 Å². The van der Waals surface area contributed by atoms with Gasteiger partial charge in [-0.05, 0) is 54.1 Å². The molecule has 0 amide bonds. The molecular weight excluding hydrogens is 570 g/mol. The quantitative estimate of drug-likeness (QED) is 0.110. The van der Waals surface area contributed by atoms with E-state index in [-0.39, 0.29) is 40.9 Å². The highest BCUT2D eigenvalue weighted by atomic mass is 16.6. The van der Waals surface area contributed by atoms with Crippen LogP contribution in [0, 0.1) is 20.2 Å². The smallest absolute Gasteiger partial charge is 0.282 e. The second kappa shape index (κ2) is 11.5. The topological polar surface area (TPSA) is 165 Å². The van der Waals surface area contributed by atoms with Crippen LogP contribution in [0.5, 0.6) is 11.5 Å². The zero-order valence-electron chi connectivity index (χ0n) is 22.9. The lowest BCUT2D eigenvalue weighted by atomic mass is 10.2. The van der Waals surface area contributed by atoms with Crippen molar-refractivity contribution >= 4 is 39.5 Å². The van der Waals surface area contributed by atoms with Gasteiger partial charge in [-0.15, -0.1) is 0 Å². The summed E-state index contributed by atoms with van der Waals surface area (Å²) in [5.74, 6) is 1.15. The Morgan fingerprint density at radius 1 is 0.886 bits per heavy atom. The monoisotopic (exact) mass is 591 g/mol. The maximum Gasteiger partial charge on any atom is 0.282 e. The van der Waals surface area contributed by atoms with Crippen molar-refractivity contribution < 1.29 is 23.7 Å². The van der Waals surface area contributed by atoms with Gasteiger partial charge in [-0.3, -0.25) is 25.0 Å². The zero-order valence-corrected chi connectivity index (χ0v) is 22.9. The molecule has 0 aliphatic heterocycles. The number of hydrogen-bond acceptors (Lipinski definition) is 10. The fourth-order valence-corrected chi connectivity index (χ4v) is 4.59. The van der Waals surface area contributed by atoms with E-state index in [1.54, 1.807) is 60.7 Å². The van der Waals surface area contributed by atoms with Gasteiger partial charge in [0.15, 0.2) is 5.76 Å². The molecule has 0 spiro atoms. The SMILES string of the molecule is COc1cccc2oc(-c3nc4ccccc4c(=O)n3N=Cc3cc([N+](=O)[O-])ccc3OCc3ccc([N+](=O)[O-])cc3)cc12. The zero-order chi connectivity index (χ0) is 30.8. The third-order valence-corrected chi connectivity index (χ3v) is 6.77. The number of para-hydroxylation sites is 1. The van der Waals surface area contributed by atoms with Crippen LogP contribution in [-0.2, 0) is 6.61 Å². The van der Waals surface area contributed by atoms with E-state index in [2.05, 4.69) is 10.1 Å². The number of ether oxygens (including phenoxy) is 2. The Bertz CT molecular complexity index is 2150. The lowest BCUT2D eigenvalue weighted by molar-refractivity contribution is -0.385. The molecule has 0 aliphatic rings. The van der Waals surface area contributed by atoms with Crippen LogP contribution in [0.2, 0.25) is 0 Å². The van der Waals surface area contributed by atoms with E-state index >= 15 is 0 Å². The molecule has 2 heterocycles. The van der Waals surface area contributed by atoms with Gasteiger partial charge in [0.1, 0.15) is 23.7 Å². The Labute approximate surface area is 247 Å². The largest absolute Gasteiger partial charge is 0.496 e. The molecule has 13 nitrogen and oxygen atoms in total. The minimum Gasteiger partial charge on any atom is -0.496 e. The molecule has 2 aromatic heterocycles. The van der Waals surface area contributed by atoms with Crippen LogP contribution < -0.4 is 15.0 Å². The molecule has 0 radical (unpaired) electrons. The Kier molecular flexibility index (Phi) is 7.25. The van der Waals surface area contributed by atoms with Gasteiger partial charge < -0.3 is 13.9 Å². The first-order valence-electron chi connectivity index (χ1n) is 13.1. The van der Waals surface area contributed by atoms with Crippen molar-refractivity contribution in [2.75, 3.05) is 7.11 Å². The molecule has 0 atom stereocenters. The molecular formula is C31H21N5O8. The maximum atomic E-state index is 13.7. The molecule has 218 valence electrons. The summed E-state index contributed by atoms with van der Waals surface area (Å²) in [5.41, 5.74) is 1.00. The van der Waals surface area contributed by atoms with E-state index < -0.39 is 15.4 Å². The number of fused-ring (bicyclic) bond motifs is 2. The van der Waals surface area contributed by atoms with Crippen LogP contribution in [0.4, 0.5) is 11.4 Å². The summed E-state index contributed by atoms with van der Waals surface area (Å²) >= 11 is 0. The molecule has 0 saturated carbocycles. The van der Waals surface area contributed by atoms with Gasteiger partial charge in [0.2, 0.25) is 5.82 Å². The second-order valence-corrected chi connectivity index (χ2v) is 9.49. The minimum atomic E-state index is -0.561. The number of benzene rings is 4. The number of furan rings is 1. The van der Waals surface area contributed by atoms with Crippen molar-refractivity contribution in [3.63, 3.8) is 0 Å². The average molecular weight is 592 g/mol. The maximum absolute atomic E-state index is 13.7. The molecule has 0 fully saturated rings. The standard InChI is InChI=1S/C31H21N5O8/c1-42-27-7-4-8-28-24(27)16-29(44-28)30-33-25-6-3-2-5-23(25)31(37)34(30)32-17-20-15-22(36(40)41)13-14-26(20)43-18-19-9-11-21(12-10-19)35(38)39/h2-17H,18H2,1H3. The highest BCUT2D eigenvalue weighted by Gasteiger charge is 2.19. The van der Waals surface area contributed by atoms with E-state index in [0.717, 1.165) is 4.68 Å². The third kappa shape index (κ3) is 5.32. The minimum absolute atomic E-state index is 0.0141. The highest BCUT2D eigenvalue weighted by molar-refractivity contribution is 5.89. The molecule has 6 aromatic rings. The molecule has 44 heavy (non-hydrogen) atoms. The van der Waals surface area contributed by atoms with E-state index in [1.165, 1.54) is 43.7 Å². The van der Waals surface area contributed by atoms with Crippen LogP contribution in [0.25, 0.3) is 33.5 Å². The summed E-state index contributed by atoms with van der Waals surface area (Å²) < 4.78 is 18.5. The summed E-state index contributed by atoms with van der Waals surface area (Å²) in [6.07, 6.45) is 1.27. The van der Waals surface area contributed by atoms with E-state index in [0.29, 0.717) is 33.2 Å². The Morgan fingerprint density at radius 3 is 2.39 bits per heavy atom. The van der Waals surface area contributed by atoms with Gasteiger partial charge in [-0.2, -0.15) is 9.78 Å². The predicted octanol–water partition coefficient (Wildman–Crippen LogP) is 6.10. The fourth-order valence-electron chi connectivity index (χ4n) is 4.59. The Morgan fingerprint density at radius 2 is 1.64 bits per heavy atom. The highest BCUT2D eigenvalue weighted by Crippen LogP contribution is 2.33. The Hall–Kier alpha value is -6.37. The van der Waals surface area contributed by atoms with Crippen molar-refractivity contribution in [1.82, 2.24) is 9.66 Å². The van der Waals surface area contributed by atoms with Gasteiger partial charge in [0, 0.05) is 29.8 Å². The van der Waals surface area contributed by atoms with Gasteiger partial charge in [0.05, 0.1) is 39.5 Å². The molecule has 0 saturated heterocycles. The van der Waals surface area contributed by atoms with Crippen LogP contribution in [0.3, 0.4) is 0 Å². The summed E-state index contributed by atoms with van der Waals surface area (Å²) in [7, 11) is 1.54. The molecule has 13 heteroatoms. The van der Waals surface area contributed by atoms with Crippen molar-refractivity contribution in [1.29, 1.82) is 0 Å². The number of nitro benzene ring substituents is 2. The average Bonchev–Trinajstić information content (AvgIpc) is 3.48. The van der Waals surface area contributed by atoms with E-state index in [9.17, 15) is 25.0 Å². The van der Waals surface area contributed by atoms with Gasteiger partial charge in [-0.1, -0.05) is 18.2 Å². The first-order chi connectivity index (χ1) is 21.3. The summed E-state index contributed by atoms with van der Waals surface area (Å²) in [4.78, 5) is 39.8. The van der Waals surface area contributed by atoms with Crippen LogP contribution >= 0.6 is 0 Å². The van der Waals surface area contributed by atoms with Crippen molar-refractivity contribution in [2.45, 2.75) is 6.61 Å². The lowest BCUT2D eigenvalue weighted by Crippen LogP contribution is -2.20. The number of nitro groups is 2.